The zero-order valence-electron chi connectivity index (χ0n) is 5.35. The molecule has 0 N–H and O–H groups in total. The molecule has 0 spiro atoms. The molecule has 6 heteroatoms. The molecule has 1 unspecified atom stereocenters. The van der Waals surface area contributed by atoms with E-state index in [1.54, 1.807) is 0 Å². The molecule has 0 fully saturated rings. The van der Waals surface area contributed by atoms with E-state index in [2.05, 4.69) is 11.6 Å². The van der Waals surface area contributed by atoms with Gasteiger partial charge in [0.1, 0.15) is 0 Å². The van der Waals surface area contributed by atoms with E-state index >= 15 is 0 Å². The standard InChI is InChI=1S/C5H4ClF5/c1-2(4(8)9)3(7)5(6,10)11/h3H,1H3. The third-order valence-electron chi connectivity index (χ3n) is 0.966. The summed E-state index contributed by atoms with van der Waals surface area (Å²) in [5, 5.41) is -4.27. The first-order valence-electron chi connectivity index (χ1n) is 2.49. The van der Waals surface area contributed by atoms with E-state index in [0.717, 1.165) is 0 Å². The van der Waals surface area contributed by atoms with Crippen LogP contribution >= 0.6 is 11.6 Å². The molecule has 11 heavy (non-hydrogen) atoms. The highest BCUT2D eigenvalue weighted by molar-refractivity contribution is 6.22. The van der Waals surface area contributed by atoms with Crippen LogP contribution in [0.2, 0.25) is 0 Å². The molecule has 0 amide bonds. The predicted molar refractivity (Wildman–Crippen MR) is 30.6 cm³/mol. The highest BCUT2D eigenvalue weighted by atomic mass is 35.5. The van der Waals surface area contributed by atoms with E-state index in [1.807, 2.05) is 0 Å². The van der Waals surface area contributed by atoms with Crippen molar-refractivity contribution in [3.8, 4) is 0 Å². The van der Waals surface area contributed by atoms with Crippen molar-refractivity contribution in [1.82, 2.24) is 0 Å². The van der Waals surface area contributed by atoms with Gasteiger partial charge in [0.05, 0.1) is 0 Å². The van der Waals surface area contributed by atoms with Crippen LogP contribution in [0.5, 0.6) is 0 Å². The van der Waals surface area contributed by atoms with E-state index in [0.29, 0.717) is 6.92 Å². The average Bonchev–Trinajstić information content (AvgIpc) is 1.82. The summed E-state index contributed by atoms with van der Waals surface area (Å²) in [5.74, 6) is 0. The topological polar surface area (TPSA) is 0 Å². The fourth-order valence-corrected chi connectivity index (χ4v) is 0.505. The highest BCUT2D eigenvalue weighted by Crippen LogP contribution is 2.32. The molecular weight excluding hydrogens is 190 g/mol. The van der Waals surface area contributed by atoms with Crippen LogP contribution in [0.4, 0.5) is 22.0 Å². The Bertz CT molecular complexity index is 166. The maximum absolute atomic E-state index is 12.1. The largest absolute Gasteiger partial charge is 0.356 e. The quantitative estimate of drug-likeness (QED) is 0.467. The van der Waals surface area contributed by atoms with Gasteiger partial charge < -0.3 is 0 Å². The summed E-state index contributed by atoms with van der Waals surface area (Å²) < 4.78 is 58.5. The molecule has 0 aliphatic rings. The molecule has 0 nitrogen and oxygen atoms in total. The van der Waals surface area contributed by atoms with Crippen LogP contribution in [0.15, 0.2) is 11.7 Å². The lowest BCUT2D eigenvalue weighted by Gasteiger charge is -2.12. The molecule has 0 rings (SSSR count). The molecule has 0 radical (unpaired) electrons. The van der Waals surface area contributed by atoms with E-state index in [1.165, 1.54) is 0 Å². The lowest BCUT2D eigenvalue weighted by atomic mass is 10.2. The van der Waals surface area contributed by atoms with Gasteiger partial charge in [0.25, 0.3) is 6.08 Å². The van der Waals surface area contributed by atoms with Gasteiger partial charge in [-0.05, 0) is 18.5 Å². The number of rotatable bonds is 2. The monoisotopic (exact) mass is 194 g/mol. The van der Waals surface area contributed by atoms with Crippen LogP contribution in [0.3, 0.4) is 0 Å². The Balaban J connectivity index is 4.52. The summed E-state index contributed by atoms with van der Waals surface area (Å²) in [4.78, 5) is 0. The van der Waals surface area contributed by atoms with Crippen molar-refractivity contribution in [3.05, 3.63) is 11.7 Å². The van der Waals surface area contributed by atoms with Gasteiger partial charge in [-0.3, -0.25) is 0 Å². The summed E-state index contributed by atoms with van der Waals surface area (Å²) in [6.45, 7) is 0.552. The first kappa shape index (κ1) is 10.7. The smallest absolute Gasteiger partial charge is 0.234 e. The molecule has 0 saturated carbocycles. The van der Waals surface area contributed by atoms with Gasteiger partial charge in [0.15, 0.2) is 0 Å². The lowest BCUT2D eigenvalue weighted by Crippen LogP contribution is -2.24. The van der Waals surface area contributed by atoms with Crippen LogP contribution in [0, 0.1) is 0 Å². The highest BCUT2D eigenvalue weighted by Gasteiger charge is 2.40. The number of hydrogen-bond donors (Lipinski definition) is 0. The fraction of sp³-hybridized carbons (Fsp3) is 0.600. The molecular formula is C5H4ClF5. The van der Waals surface area contributed by atoms with Crippen LogP contribution in [-0.4, -0.2) is 11.6 Å². The van der Waals surface area contributed by atoms with E-state index < -0.39 is 23.2 Å². The van der Waals surface area contributed by atoms with Gasteiger partial charge in [-0.15, -0.1) is 0 Å². The summed E-state index contributed by atoms with van der Waals surface area (Å²) in [6, 6.07) is 0. The second kappa shape index (κ2) is 3.38. The third-order valence-corrected chi connectivity index (χ3v) is 1.16. The molecule has 0 aromatic rings. The minimum atomic E-state index is -4.27. The first-order valence-corrected chi connectivity index (χ1v) is 2.87. The van der Waals surface area contributed by atoms with Crippen LogP contribution in [0.1, 0.15) is 6.92 Å². The molecule has 66 valence electrons. The van der Waals surface area contributed by atoms with Gasteiger partial charge in [-0.1, -0.05) is 0 Å². The van der Waals surface area contributed by atoms with Gasteiger partial charge in [-0.2, -0.15) is 17.6 Å². The minimum absolute atomic E-state index is 0.552. The van der Waals surface area contributed by atoms with Crippen molar-refractivity contribution in [2.75, 3.05) is 0 Å². The number of alkyl halides is 4. The molecule has 0 heterocycles. The SMILES string of the molecule is CC(=C(F)F)C(F)C(F)(F)Cl. The first-order chi connectivity index (χ1) is 4.76. The van der Waals surface area contributed by atoms with Gasteiger partial charge in [0, 0.05) is 5.57 Å². The van der Waals surface area contributed by atoms with Crippen LogP contribution in [0.25, 0.3) is 0 Å². The predicted octanol–water partition coefficient (Wildman–Crippen LogP) is 3.33. The summed E-state index contributed by atoms with van der Waals surface area (Å²) in [7, 11) is 0. The minimum Gasteiger partial charge on any atom is -0.234 e. The van der Waals surface area contributed by atoms with Crippen molar-refractivity contribution >= 4 is 11.6 Å². The van der Waals surface area contributed by atoms with E-state index in [-0.39, 0.29) is 0 Å². The second-order valence-corrected chi connectivity index (χ2v) is 2.35. The lowest BCUT2D eigenvalue weighted by molar-refractivity contribution is 0.0220. The van der Waals surface area contributed by atoms with E-state index in [9.17, 15) is 22.0 Å². The molecule has 0 bridgehead atoms. The van der Waals surface area contributed by atoms with E-state index in [4.69, 9.17) is 0 Å². The Hall–Kier alpha value is -0.320. The van der Waals surface area contributed by atoms with Crippen LogP contribution < -0.4 is 0 Å². The Labute approximate surface area is 64.6 Å². The molecule has 1 atom stereocenters. The van der Waals surface area contributed by atoms with Crippen molar-refractivity contribution in [1.29, 1.82) is 0 Å². The zero-order chi connectivity index (χ0) is 9.23. The number of allylic oxidation sites excluding steroid dienone is 1. The average molecular weight is 195 g/mol. The Morgan fingerprint density at radius 1 is 1.36 bits per heavy atom. The molecule has 0 aliphatic carbocycles. The van der Waals surface area contributed by atoms with Crippen molar-refractivity contribution < 1.29 is 22.0 Å². The Morgan fingerprint density at radius 3 is 1.82 bits per heavy atom. The zero-order valence-corrected chi connectivity index (χ0v) is 6.10. The fourth-order valence-electron chi connectivity index (χ4n) is 0.341. The molecule has 0 saturated heterocycles. The number of halogens is 6. The molecule has 0 aromatic heterocycles. The van der Waals surface area contributed by atoms with Gasteiger partial charge in [0.2, 0.25) is 6.17 Å². The Kier molecular flexibility index (Phi) is 3.29. The van der Waals surface area contributed by atoms with Crippen molar-refractivity contribution in [2.24, 2.45) is 0 Å². The van der Waals surface area contributed by atoms with Crippen LogP contribution in [-0.2, 0) is 0 Å². The van der Waals surface area contributed by atoms with Gasteiger partial charge >= 0.3 is 5.38 Å². The van der Waals surface area contributed by atoms with Gasteiger partial charge in [-0.25, -0.2) is 4.39 Å². The molecule has 0 aliphatic heterocycles. The number of hydrogen-bond acceptors (Lipinski definition) is 0. The summed E-state index contributed by atoms with van der Waals surface area (Å²) in [6.07, 6.45) is -5.60. The normalized spacial score (nSPS) is 14.5. The molecule has 0 aromatic carbocycles. The van der Waals surface area contributed by atoms with Crippen molar-refractivity contribution in [2.45, 2.75) is 18.5 Å². The van der Waals surface area contributed by atoms with Crippen molar-refractivity contribution in [3.63, 3.8) is 0 Å². The maximum atomic E-state index is 12.1. The third kappa shape index (κ3) is 3.05. The Morgan fingerprint density at radius 2 is 1.73 bits per heavy atom. The summed E-state index contributed by atoms with van der Waals surface area (Å²) in [5.41, 5.74) is -1.34. The second-order valence-electron chi connectivity index (χ2n) is 1.85. The summed E-state index contributed by atoms with van der Waals surface area (Å²) >= 11 is 4.15. The maximum Gasteiger partial charge on any atom is 0.356 e.